The quantitative estimate of drug-likeness (QED) is 0.789. The molecule has 2 heteroatoms. The van der Waals surface area contributed by atoms with Crippen molar-refractivity contribution in [3.63, 3.8) is 0 Å². The minimum absolute atomic E-state index is 0.726. The molecule has 2 rings (SSSR count). The molecule has 1 aliphatic rings. The van der Waals surface area contributed by atoms with Gasteiger partial charge in [-0.25, -0.2) is 0 Å². The lowest BCUT2D eigenvalue weighted by Crippen LogP contribution is -2.24. The summed E-state index contributed by atoms with van der Waals surface area (Å²) in [4.78, 5) is 1.52. The summed E-state index contributed by atoms with van der Waals surface area (Å²) in [5.74, 6) is 0. The molecule has 1 heterocycles. The topological polar surface area (TPSA) is 12.0 Å². The number of rotatable bonds is 7. The van der Waals surface area contributed by atoms with Crippen LogP contribution in [0.5, 0.6) is 0 Å². The van der Waals surface area contributed by atoms with Gasteiger partial charge in [-0.15, -0.1) is 11.8 Å². The Kier molecular flexibility index (Phi) is 5.58. The van der Waals surface area contributed by atoms with Crippen LogP contribution in [0.1, 0.15) is 44.6 Å². The second kappa shape index (κ2) is 7.20. The average Bonchev–Trinajstić information content (AvgIpc) is 2.80. The summed E-state index contributed by atoms with van der Waals surface area (Å²) in [5, 5.41) is 4.26. The van der Waals surface area contributed by atoms with Crippen LogP contribution in [0.2, 0.25) is 0 Å². The zero-order valence-corrected chi connectivity index (χ0v) is 12.4. The minimum Gasteiger partial charge on any atom is -0.317 e. The van der Waals surface area contributed by atoms with E-state index in [-0.39, 0.29) is 0 Å². The van der Waals surface area contributed by atoms with E-state index in [4.69, 9.17) is 0 Å². The van der Waals surface area contributed by atoms with Crippen LogP contribution in [0.4, 0.5) is 0 Å². The van der Waals surface area contributed by atoms with Crippen LogP contribution in [-0.4, -0.2) is 18.3 Å². The fourth-order valence-electron chi connectivity index (χ4n) is 2.79. The standard InChI is InChI=1S/C16H25NS/c1-3-7-14(17-2)9-6-10-15-12-13-8-4-5-11-16(13)18-15/h4-5,8,11,14-15,17H,3,6-7,9-10,12H2,1-2H3. The van der Waals surface area contributed by atoms with Gasteiger partial charge >= 0.3 is 0 Å². The molecule has 18 heavy (non-hydrogen) atoms. The lowest BCUT2D eigenvalue weighted by molar-refractivity contribution is 0.460. The number of thioether (sulfide) groups is 1. The van der Waals surface area contributed by atoms with E-state index in [1.165, 1.54) is 43.4 Å². The summed E-state index contributed by atoms with van der Waals surface area (Å²) < 4.78 is 0. The maximum Gasteiger partial charge on any atom is 0.0135 e. The Balaban J connectivity index is 1.70. The number of fused-ring (bicyclic) bond motifs is 1. The summed E-state index contributed by atoms with van der Waals surface area (Å²) in [7, 11) is 2.10. The molecule has 0 amide bonds. The van der Waals surface area contributed by atoms with Crippen molar-refractivity contribution in [3.8, 4) is 0 Å². The summed E-state index contributed by atoms with van der Waals surface area (Å²) in [6, 6.07) is 9.61. The third-order valence-corrected chi connectivity index (χ3v) is 5.23. The van der Waals surface area contributed by atoms with Crippen LogP contribution in [0.15, 0.2) is 29.2 Å². The highest BCUT2D eigenvalue weighted by Gasteiger charge is 2.21. The summed E-state index contributed by atoms with van der Waals surface area (Å²) in [6.45, 7) is 2.27. The molecule has 0 saturated heterocycles. The molecule has 1 N–H and O–H groups in total. The third-order valence-electron chi connectivity index (χ3n) is 3.84. The lowest BCUT2D eigenvalue weighted by Gasteiger charge is -2.16. The first-order valence-electron chi connectivity index (χ1n) is 7.25. The maximum atomic E-state index is 3.44. The Morgan fingerprint density at radius 3 is 2.89 bits per heavy atom. The molecule has 0 radical (unpaired) electrons. The van der Waals surface area contributed by atoms with E-state index < -0.39 is 0 Å². The second-order valence-electron chi connectivity index (χ2n) is 5.26. The largest absolute Gasteiger partial charge is 0.317 e. The van der Waals surface area contributed by atoms with Crippen molar-refractivity contribution >= 4 is 11.8 Å². The van der Waals surface area contributed by atoms with Crippen LogP contribution in [0.25, 0.3) is 0 Å². The van der Waals surface area contributed by atoms with Gasteiger partial charge in [-0.1, -0.05) is 38.0 Å². The van der Waals surface area contributed by atoms with Crippen molar-refractivity contribution in [1.82, 2.24) is 5.32 Å². The normalized spacial score (nSPS) is 19.8. The van der Waals surface area contributed by atoms with E-state index in [9.17, 15) is 0 Å². The smallest absolute Gasteiger partial charge is 0.0135 e. The molecule has 1 nitrogen and oxygen atoms in total. The molecule has 2 atom stereocenters. The molecule has 1 aromatic carbocycles. The van der Waals surface area contributed by atoms with Crippen molar-refractivity contribution in [2.45, 2.75) is 61.6 Å². The molecular formula is C16H25NS. The van der Waals surface area contributed by atoms with Crippen molar-refractivity contribution in [3.05, 3.63) is 29.8 Å². The minimum atomic E-state index is 0.726. The number of hydrogen-bond donors (Lipinski definition) is 1. The Labute approximate surface area is 116 Å². The van der Waals surface area contributed by atoms with E-state index >= 15 is 0 Å². The first-order chi connectivity index (χ1) is 8.83. The van der Waals surface area contributed by atoms with E-state index in [0.717, 1.165) is 11.3 Å². The number of benzene rings is 1. The monoisotopic (exact) mass is 263 g/mol. The van der Waals surface area contributed by atoms with Gasteiger partial charge in [0, 0.05) is 16.2 Å². The summed E-state index contributed by atoms with van der Waals surface area (Å²) >= 11 is 2.09. The molecule has 0 fully saturated rings. The van der Waals surface area contributed by atoms with Gasteiger partial charge in [0.05, 0.1) is 0 Å². The van der Waals surface area contributed by atoms with E-state index in [1.54, 1.807) is 5.56 Å². The fourth-order valence-corrected chi connectivity index (χ4v) is 4.15. The predicted octanol–water partition coefficient (Wildman–Crippen LogP) is 4.26. The second-order valence-corrected chi connectivity index (χ2v) is 6.60. The Bertz CT molecular complexity index is 339. The lowest BCUT2D eigenvalue weighted by atomic mass is 10.0. The summed E-state index contributed by atoms with van der Waals surface area (Å²) in [5.41, 5.74) is 1.56. The molecule has 1 aromatic rings. The molecule has 0 bridgehead atoms. The van der Waals surface area contributed by atoms with Gasteiger partial charge in [0.15, 0.2) is 0 Å². The first kappa shape index (κ1) is 14.0. The summed E-state index contributed by atoms with van der Waals surface area (Å²) in [6.07, 6.45) is 7.93. The van der Waals surface area contributed by atoms with E-state index in [0.29, 0.717) is 0 Å². The highest BCUT2D eigenvalue weighted by Crippen LogP contribution is 2.38. The zero-order chi connectivity index (χ0) is 12.8. The molecule has 0 spiro atoms. The third kappa shape index (κ3) is 3.76. The molecule has 0 aliphatic carbocycles. The molecule has 100 valence electrons. The molecule has 0 saturated carbocycles. The van der Waals surface area contributed by atoms with Gasteiger partial charge in [0.2, 0.25) is 0 Å². The van der Waals surface area contributed by atoms with Crippen molar-refractivity contribution in [2.24, 2.45) is 0 Å². The molecular weight excluding hydrogens is 238 g/mol. The van der Waals surface area contributed by atoms with Crippen molar-refractivity contribution in [2.75, 3.05) is 7.05 Å². The highest BCUT2D eigenvalue weighted by atomic mass is 32.2. The average molecular weight is 263 g/mol. The van der Waals surface area contributed by atoms with Gasteiger partial charge in [0.25, 0.3) is 0 Å². The Hall–Kier alpha value is -0.470. The number of nitrogens with one attached hydrogen (secondary N) is 1. The Morgan fingerprint density at radius 2 is 2.17 bits per heavy atom. The Morgan fingerprint density at radius 1 is 1.33 bits per heavy atom. The van der Waals surface area contributed by atoms with E-state index in [2.05, 4.69) is 55.3 Å². The maximum absolute atomic E-state index is 3.44. The molecule has 1 aliphatic heterocycles. The van der Waals surface area contributed by atoms with Crippen molar-refractivity contribution in [1.29, 1.82) is 0 Å². The van der Waals surface area contributed by atoms with Gasteiger partial charge in [0.1, 0.15) is 0 Å². The van der Waals surface area contributed by atoms with Crippen LogP contribution >= 0.6 is 11.8 Å². The van der Waals surface area contributed by atoms with Crippen LogP contribution in [0.3, 0.4) is 0 Å². The molecule has 0 aromatic heterocycles. The van der Waals surface area contributed by atoms with Gasteiger partial charge < -0.3 is 5.32 Å². The van der Waals surface area contributed by atoms with Crippen LogP contribution in [-0.2, 0) is 6.42 Å². The first-order valence-corrected chi connectivity index (χ1v) is 8.13. The van der Waals surface area contributed by atoms with Crippen LogP contribution < -0.4 is 5.32 Å². The highest BCUT2D eigenvalue weighted by molar-refractivity contribution is 8.00. The van der Waals surface area contributed by atoms with Gasteiger partial charge in [-0.3, -0.25) is 0 Å². The predicted molar refractivity (Wildman–Crippen MR) is 81.4 cm³/mol. The molecule has 2 unspecified atom stereocenters. The van der Waals surface area contributed by atoms with Crippen LogP contribution in [0, 0.1) is 0 Å². The van der Waals surface area contributed by atoms with E-state index in [1.807, 2.05) is 0 Å². The fraction of sp³-hybridized carbons (Fsp3) is 0.625. The van der Waals surface area contributed by atoms with Crippen molar-refractivity contribution < 1.29 is 0 Å². The number of hydrogen-bond acceptors (Lipinski definition) is 2. The van der Waals surface area contributed by atoms with Gasteiger partial charge in [-0.05, 0) is 44.4 Å². The zero-order valence-electron chi connectivity index (χ0n) is 11.6. The SMILES string of the molecule is CCCC(CCCC1Cc2ccccc2S1)NC. The van der Waals surface area contributed by atoms with Gasteiger partial charge in [-0.2, -0.15) is 0 Å².